The number of hydrogen-bond donors (Lipinski definition) is 3. The van der Waals surface area contributed by atoms with E-state index in [0.29, 0.717) is 12.4 Å². The molecule has 3 N–H and O–H groups in total. The first kappa shape index (κ1) is 22.7. The van der Waals surface area contributed by atoms with E-state index >= 15 is 0 Å². The molecular formula is C24H24N2O7S2. The number of thioether (sulfide) groups is 1. The minimum absolute atomic E-state index is 0.00480. The molecule has 1 aromatic carbocycles. The van der Waals surface area contributed by atoms with E-state index in [1.165, 1.54) is 6.92 Å². The van der Waals surface area contributed by atoms with Crippen molar-refractivity contribution < 1.29 is 29.3 Å². The number of carbonyl (C=O) groups is 3. The van der Waals surface area contributed by atoms with Crippen molar-refractivity contribution in [3.8, 4) is 11.5 Å². The molecule has 2 aliphatic heterocycles. The number of fused-ring (bicyclic) bond motifs is 9. The number of hydrogen-bond acceptors (Lipinski definition) is 8. The van der Waals surface area contributed by atoms with Gasteiger partial charge in [-0.25, -0.2) is 4.79 Å². The number of thiazole rings is 1. The van der Waals surface area contributed by atoms with Crippen molar-refractivity contribution in [1.82, 2.24) is 9.88 Å². The van der Waals surface area contributed by atoms with Crippen LogP contribution in [0.15, 0.2) is 28.0 Å². The highest BCUT2D eigenvalue weighted by molar-refractivity contribution is 8.00. The summed E-state index contributed by atoms with van der Waals surface area (Å²) in [4.78, 5) is 55.3. The number of rotatable bonds is 5. The number of aromatic nitrogens is 1. The molecule has 8 atom stereocenters. The predicted octanol–water partition coefficient (Wildman–Crippen LogP) is 2.49. The van der Waals surface area contributed by atoms with E-state index in [1.807, 2.05) is 13.0 Å². The summed E-state index contributed by atoms with van der Waals surface area (Å²) in [5.74, 6) is -3.05. The Kier molecular flexibility index (Phi) is 5.09. The fourth-order valence-electron chi connectivity index (χ4n) is 6.90. The average Bonchev–Trinajstić information content (AvgIpc) is 3.54. The molecule has 2 aliphatic carbocycles. The molecule has 1 saturated heterocycles. The molecule has 0 radical (unpaired) electrons. The molecule has 2 aromatic rings. The maximum absolute atomic E-state index is 13.4. The van der Waals surface area contributed by atoms with E-state index in [-0.39, 0.29) is 45.5 Å². The number of nitrogens with one attached hydrogen (secondary N) is 1. The Morgan fingerprint density at radius 2 is 1.94 bits per heavy atom. The van der Waals surface area contributed by atoms with Crippen molar-refractivity contribution >= 4 is 40.9 Å². The largest absolute Gasteiger partial charge is 0.504 e. The van der Waals surface area contributed by atoms with Gasteiger partial charge < -0.3 is 19.9 Å². The molecule has 35 heavy (non-hydrogen) atoms. The quantitative estimate of drug-likeness (QED) is 0.516. The standard InChI is InChI=1S/C24H24N2O7S2/c1-3-33-13-6-9(4-5-12(13)27)14-15-10-7-11(18(15)34-20-19(14)35-24(32)25-20)17-16(10)21(28)26(22(17)29)8(2)23(30)31/h4-6,8,10-11,14-18,27H,3,7H2,1-2H3,(H,25,32)(H,30,31)/t8-,10-,11+,14+,15-,16+,17+,18-/m1/s1. The normalized spacial score (nSPS) is 33.4. The second-order valence-electron chi connectivity index (χ2n) is 9.68. The Balaban J connectivity index is 1.45. The van der Waals surface area contributed by atoms with Crippen LogP contribution < -0.4 is 9.61 Å². The number of likely N-dealkylation sites (tertiary alicyclic amines) is 1. The van der Waals surface area contributed by atoms with E-state index < -0.39 is 29.8 Å². The van der Waals surface area contributed by atoms with Crippen molar-refractivity contribution in [1.29, 1.82) is 0 Å². The molecule has 184 valence electrons. The van der Waals surface area contributed by atoms with Crippen LogP contribution in [-0.2, 0) is 14.4 Å². The summed E-state index contributed by atoms with van der Waals surface area (Å²) >= 11 is 2.73. The van der Waals surface area contributed by atoms with Gasteiger partial charge in [-0.05, 0) is 55.7 Å². The second kappa shape index (κ2) is 7.86. The number of carboxylic acid groups (broad SMARTS) is 1. The number of phenolic OH excluding ortho intramolecular Hbond substituents is 1. The van der Waals surface area contributed by atoms with Crippen LogP contribution in [-0.4, -0.2) is 55.8 Å². The molecule has 1 aromatic heterocycles. The lowest BCUT2D eigenvalue weighted by Gasteiger charge is -2.43. The van der Waals surface area contributed by atoms with Gasteiger partial charge in [-0.1, -0.05) is 17.4 Å². The molecule has 9 nitrogen and oxygen atoms in total. The number of aliphatic carboxylic acids is 1. The van der Waals surface area contributed by atoms with E-state index in [2.05, 4.69) is 4.98 Å². The monoisotopic (exact) mass is 516 g/mol. The molecule has 3 heterocycles. The number of nitrogens with zero attached hydrogens (tertiary/aromatic N) is 1. The molecule has 11 heteroatoms. The third kappa shape index (κ3) is 3.07. The molecule has 2 saturated carbocycles. The number of phenols is 1. The minimum atomic E-state index is -1.20. The third-order valence-electron chi connectivity index (χ3n) is 8.15. The van der Waals surface area contributed by atoms with Crippen molar-refractivity contribution in [2.75, 3.05) is 6.61 Å². The summed E-state index contributed by atoms with van der Waals surface area (Å²) in [6.07, 6.45) is 0.719. The van der Waals surface area contributed by atoms with Crippen LogP contribution in [0.3, 0.4) is 0 Å². The molecule has 6 rings (SSSR count). The number of carbonyl (C=O) groups excluding carboxylic acids is 2. The molecule has 2 amide bonds. The van der Waals surface area contributed by atoms with Gasteiger partial charge in [0.1, 0.15) is 6.04 Å². The maximum Gasteiger partial charge on any atom is 0.326 e. The highest BCUT2D eigenvalue weighted by atomic mass is 32.2. The lowest BCUT2D eigenvalue weighted by Crippen LogP contribution is -2.44. The molecular weight excluding hydrogens is 492 g/mol. The molecule has 4 aliphatic rings. The van der Waals surface area contributed by atoms with Crippen LogP contribution in [0.2, 0.25) is 0 Å². The van der Waals surface area contributed by atoms with E-state index in [0.717, 1.165) is 38.1 Å². The Hall–Kier alpha value is -2.79. The van der Waals surface area contributed by atoms with E-state index in [1.54, 1.807) is 23.9 Å². The molecule has 0 spiro atoms. The van der Waals surface area contributed by atoms with Gasteiger partial charge in [0.05, 0.1) is 23.5 Å². The molecule has 3 fully saturated rings. The maximum atomic E-state index is 13.4. The number of ether oxygens (including phenoxy) is 1. The van der Waals surface area contributed by atoms with Crippen molar-refractivity contribution in [3.05, 3.63) is 38.3 Å². The number of aromatic amines is 1. The SMILES string of the molecule is CCOc1cc([C@@H]2c3sc(=O)[nH]c3S[C@@H]3[C@H]4C[C@@H]([C@@H]5C(=O)N([C@H](C)C(=O)O)C(=O)[C@@H]45)[C@H]23)ccc1O. The van der Waals surface area contributed by atoms with Gasteiger partial charge in [-0.15, -0.1) is 11.8 Å². The average molecular weight is 517 g/mol. The number of carboxylic acids is 1. The zero-order chi connectivity index (χ0) is 24.8. The first-order valence-corrected chi connectivity index (χ1v) is 13.4. The lowest BCUT2D eigenvalue weighted by molar-refractivity contribution is -0.154. The van der Waals surface area contributed by atoms with Crippen molar-refractivity contribution in [3.63, 3.8) is 0 Å². The zero-order valence-corrected chi connectivity index (χ0v) is 20.6. The fraction of sp³-hybridized carbons (Fsp3) is 0.500. The van der Waals surface area contributed by atoms with Gasteiger partial charge in [-0.3, -0.25) is 19.3 Å². The molecule has 0 unspecified atom stereocenters. The lowest BCUT2D eigenvalue weighted by atomic mass is 9.68. The Morgan fingerprint density at radius 3 is 2.63 bits per heavy atom. The Morgan fingerprint density at radius 1 is 1.23 bits per heavy atom. The first-order valence-electron chi connectivity index (χ1n) is 11.7. The third-order valence-corrected chi connectivity index (χ3v) is 10.7. The van der Waals surface area contributed by atoms with Crippen molar-refractivity contribution in [2.45, 2.75) is 42.5 Å². The zero-order valence-electron chi connectivity index (χ0n) is 19.0. The van der Waals surface area contributed by atoms with Gasteiger partial charge in [0, 0.05) is 16.0 Å². The minimum Gasteiger partial charge on any atom is -0.504 e. The summed E-state index contributed by atoms with van der Waals surface area (Å²) in [6, 6.07) is 4.01. The smallest absolute Gasteiger partial charge is 0.326 e. The van der Waals surface area contributed by atoms with Crippen LogP contribution in [0.4, 0.5) is 0 Å². The van der Waals surface area contributed by atoms with Crippen LogP contribution in [0.5, 0.6) is 11.5 Å². The number of H-pyrrole nitrogens is 1. The topological polar surface area (TPSA) is 137 Å². The Bertz CT molecular complexity index is 1320. The summed E-state index contributed by atoms with van der Waals surface area (Å²) in [7, 11) is 0. The van der Waals surface area contributed by atoms with Gasteiger partial charge >= 0.3 is 10.8 Å². The van der Waals surface area contributed by atoms with Crippen LogP contribution in [0.1, 0.15) is 36.6 Å². The summed E-state index contributed by atoms with van der Waals surface area (Å²) in [6.45, 7) is 3.59. The number of imide groups is 1. The highest BCUT2D eigenvalue weighted by Gasteiger charge is 2.70. The van der Waals surface area contributed by atoms with Gasteiger partial charge in [0.25, 0.3) is 0 Å². The first-order chi connectivity index (χ1) is 16.7. The summed E-state index contributed by atoms with van der Waals surface area (Å²) < 4.78 is 5.62. The summed E-state index contributed by atoms with van der Waals surface area (Å²) in [5, 5.41) is 20.5. The van der Waals surface area contributed by atoms with Crippen LogP contribution in [0, 0.1) is 29.6 Å². The second-order valence-corrected chi connectivity index (χ2v) is 11.9. The molecule has 2 bridgehead atoms. The predicted molar refractivity (Wildman–Crippen MR) is 127 cm³/mol. The Labute approximate surface area is 208 Å². The summed E-state index contributed by atoms with van der Waals surface area (Å²) in [5.41, 5.74) is 0.884. The number of amides is 2. The highest BCUT2D eigenvalue weighted by Crippen LogP contribution is 2.68. The van der Waals surface area contributed by atoms with Gasteiger partial charge in [-0.2, -0.15) is 0 Å². The van der Waals surface area contributed by atoms with E-state index in [9.17, 15) is 29.4 Å². The number of benzene rings is 1. The van der Waals surface area contributed by atoms with E-state index in [4.69, 9.17) is 4.74 Å². The number of aromatic hydroxyl groups is 1. The van der Waals surface area contributed by atoms with Gasteiger partial charge in [0.2, 0.25) is 11.8 Å². The van der Waals surface area contributed by atoms with Gasteiger partial charge in [0.15, 0.2) is 11.5 Å². The van der Waals surface area contributed by atoms with Crippen LogP contribution >= 0.6 is 23.1 Å². The fourth-order valence-corrected chi connectivity index (χ4v) is 9.79. The van der Waals surface area contributed by atoms with Crippen LogP contribution in [0.25, 0.3) is 0 Å². The van der Waals surface area contributed by atoms with Crippen molar-refractivity contribution in [2.24, 2.45) is 29.6 Å².